The number of hydrogen-bond acceptors (Lipinski definition) is 4. The van der Waals surface area contributed by atoms with E-state index in [9.17, 15) is 4.79 Å². The number of nitrogens with zero attached hydrogens (tertiary/aromatic N) is 1. The summed E-state index contributed by atoms with van der Waals surface area (Å²) in [6, 6.07) is 19.5. The van der Waals surface area contributed by atoms with Crippen LogP contribution in [-0.2, 0) is 4.79 Å². The summed E-state index contributed by atoms with van der Waals surface area (Å²) in [5, 5.41) is 3.36. The summed E-state index contributed by atoms with van der Waals surface area (Å²) >= 11 is 4.73. The van der Waals surface area contributed by atoms with Gasteiger partial charge in [-0.2, -0.15) is 0 Å². The van der Waals surface area contributed by atoms with E-state index in [1.54, 1.807) is 6.08 Å². The second-order valence-electron chi connectivity index (χ2n) is 6.03. The smallest absolute Gasteiger partial charge is 0.264 e. The zero-order valence-corrected chi connectivity index (χ0v) is 16.8. The minimum Gasteiger partial charge on any atom is -0.457 e. The first-order valence-electron chi connectivity index (χ1n) is 8.29. The third-order valence-corrected chi connectivity index (χ3v) is 5.38. The number of furan rings is 1. The van der Waals surface area contributed by atoms with Gasteiger partial charge in [-0.05, 0) is 55.1 Å². The number of benzene rings is 2. The van der Waals surface area contributed by atoms with Crippen LogP contribution in [0, 0.1) is 6.92 Å². The Bertz CT molecular complexity index is 1050. The van der Waals surface area contributed by atoms with Crippen LogP contribution < -0.4 is 5.32 Å². The van der Waals surface area contributed by atoms with Gasteiger partial charge in [-0.1, -0.05) is 45.8 Å². The lowest BCUT2D eigenvalue weighted by molar-refractivity contribution is -0.115. The van der Waals surface area contributed by atoms with Crippen molar-refractivity contribution in [2.45, 2.75) is 6.92 Å². The van der Waals surface area contributed by atoms with Gasteiger partial charge in [0, 0.05) is 16.1 Å². The maximum absolute atomic E-state index is 12.2. The number of amidine groups is 1. The third kappa shape index (κ3) is 4.23. The molecule has 2 heterocycles. The minimum absolute atomic E-state index is 0.174. The van der Waals surface area contributed by atoms with Gasteiger partial charge in [0.1, 0.15) is 11.5 Å². The molecule has 0 spiro atoms. The van der Waals surface area contributed by atoms with Crippen LogP contribution in [0.2, 0.25) is 0 Å². The molecule has 4 rings (SSSR count). The van der Waals surface area contributed by atoms with E-state index in [2.05, 4.69) is 26.2 Å². The SMILES string of the molecule is Cc1ccc(N=C2NC(=O)C(=Cc3ccc(-c4ccc(Br)cc4)o3)S2)cc1. The summed E-state index contributed by atoms with van der Waals surface area (Å²) in [7, 11) is 0. The number of aryl methyl sites for hydroxylation is 1. The van der Waals surface area contributed by atoms with Gasteiger partial charge < -0.3 is 9.73 Å². The van der Waals surface area contributed by atoms with Crippen molar-refractivity contribution in [2.75, 3.05) is 0 Å². The molecule has 6 heteroatoms. The topological polar surface area (TPSA) is 54.6 Å². The molecule has 1 aliphatic heterocycles. The molecular formula is C21H15BrN2O2S. The fourth-order valence-electron chi connectivity index (χ4n) is 2.55. The molecule has 0 atom stereocenters. The van der Waals surface area contributed by atoms with E-state index in [4.69, 9.17) is 4.42 Å². The van der Waals surface area contributed by atoms with Gasteiger partial charge in [-0.15, -0.1) is 0 Å². The van der Waals surface area contributed by atoms with Crippen molar-refractivity contribution in [2.24, 2.45) is 4.99 Å². The molecule has 0 saturated carbocycles. The molecule has 1 N–H and O–H groups in total. The second kappa shape index (κ2) is 7.58. The Hall–Kier alpha value is -2.57. The summed E-state index contributed by atoms with van der Waals surface area (Å²) in [6.45, 7) is 2.02. The summed E-state index contributed by atoms with van der Waals surface area (Å²) in [5.41, 5.74) is 2.95. The van der Waals surface area contributed by atoms with E-state index in [1.807, 2.05) is 67.6 Å². The van der Waals surface area contributed by atoms with Crippen LogP contribution in [0.5, 0.6) is 0 Å². The van der Waals surface area contributed by atoms with E-state index >= 15 is 0 Å². The van der Waals surface area contributed by atoms with Crippen molar-refractivity contribution < 1.29 is 9.21 Å². The molecule has 1 amide bonds. The Morgan fingerprint density at radius 2 is 1.78 bits per heavy atom. The zero-order valence-electron chi connectivity index (χ0n) is 14.4. The predicted molar refractivity (Wildman–Crippen MR) is 114 cm³/mol. The van der Waals surface area contributed by atoms with Gasteiger partial charge in [-0.25, -0.2) is 4.99 Å². The first kappa shape index (κ1) is 17.8. The highest BCUT2D eigenvalue weighted by atomic mass is 79.9. The van der Waals surface area contributed by atoms with Crippen LogP contribution in [0.1, 0.15) is 11.3 Å². The van der Waals surface area contributed by atoms with Gasteiger partial charge in [0.2, 0.25) is 0 Å². The van der Waals surface area contributed by atoms with E-state index in [0.29, 0.717) is 15.8 Å². The molecule has 1 fully saturated rings. The molecule has 1 aliphatic rings. The molecule has 4 nitrogen and oxygen atoms in total. The highest BCUT2D eigenvalue weighted by Gasteiger charge is 2.24. The Morgan fingerprint density at radius 3 is 2.52 bits per heavy atom. The number of amides is 1. The van der Waals surface area contributed by atoms with Crippen molar-refractivity contribution in [3.63, 3.8) is 0 Å². The van der Waals surface area contributed by atoms with E-state index < -0.39 is 0 Å². The number of nitrogens with one attached hydrogen (secondary N) is 1. The van der Waals surface area contributed by atoms with Crippen LogP contribution in [0.4, 0.5) is 5.69 Å². The Kier molecular flexibility index (Phi) is 5.01. The molecular weight excluding hydrogens is 424 g/mol. The average molecular weight is 439 g/mol. The van der Waals surface area contributed by atoms with Crippen LogP contribution >= 0.6 is 27.7 Å². The number of hydrogen-bond donors (Lipinski definition) is 1. The van der Waals surface area contributed by atoms with Crippen molar-refractivity contribution in [1.82, 2.24) is 5.32 Å². The summed E-state index contributed by atoms with van der Waals surface area (Å²) in [4.78, 5) is 17.2. The summed E-state index contributed by atoms with van der Waals surface area (Å²) < 4.78 is 6.88. The number of carbonyl (C=O) groups is 1. The molecule has 0 aliphatic carbocycles. The van der Waals surface area contributed by atoms with Gasteiger partial charge in [0.05, 0.1) is 10.6 Å². The lowest BCUT2D eigenvalue weighted by Crippen LogP contribution is -2.19. The molecule has 0 unspecified atom stereocenters. The second-order valence-corrected chi connectivity index (χ2v) is 7.97. The minimum atomic E-state index is -0.174. The van der Waals surface area contributed by atoms with Crippen molar-refractivity contribution in [3.8, 4) is 11.3 Å². The number of halogens is 1. The van der Waals surface area contributed by atoms with Crippen LogP contribution in [-0.4, -0.2) is 11.1 Å². The number of thioether (sulfide) groups is 1. The van der Waals surface area contributed by atoms with Crippen LogP contribution in [0.25, 0.3) is 17.4 Å². The third-order valence-electron chi connectivity index (χ3n) is 3.94. The van der Waals surface area contributed by atoms with Gasteiger partial charge >= 0.3 is 0 Å². The Balaban J connectivity index is 1.53. The maximum Gasteiger partial charge on any atom is 0.264 e. The first-order valence-corrected chi connectivity index (χ1v) is 9.90. The maximum atomic E-state index is 12.2. The van der Waals surface area contributed by atoms with Crippen molar-refractivity contribution in [3.05, 3.63) is 81.4 Å². The highest BCUT2D eigenvalue weighted by molar-refractivity contribution is 9.10. The molecule has 134 valence electrons. The van der Waals surface area contributed by atoms with E-state index in [1.165, 1.54) is 17.3 Å². The number of aliphatic imine (C=N–C) groups is 1. The highest BCUT2D eigenvalue weighted by Crippen LogP contribution is 2.30. The zero-order chi connectivity index (χ0) is 18.8. The molecule has 27 heavy (non-hydrogen) atoms. The number of carbonyl (C=O) groups excluding carboxylic acids is 1. The van der Waals surface area contributed by atoms with Gasteiger partial charge in [0.15, 0.2) is 5.17 Å². The van der Waals surface area contributed by atoms with Crippen LogP contribution in [0.15, 0.2) is 79.5 Å². The predicted octanol–water partition coefficient (Wildman–Crippen LogP) is 5.91. The summed E-state index contributed by atoms with van der Waals surface area (Å²) in [6.07, 6.45) is 1.74. The van der Waals surface area contributed by atoms with E-state index in [0.717, 1.165) is 21.5 Å². The first-order chi connectivity index (χ1) is 13.1. The van der Waals surface area contributed by atoms with Crippen molar-refractivity contribution >= 4 is 50.5 Å². The largest absolute Gasteiger partial charge is 0.457 e. The molecule has 1 saturated heterocycles. The van der Waals surface area contributed by atoms with Crippen LogP contribution in [0.3, 0.4) is 0 Å². The molecule has 0 bridgehead atoms. The molecule has 3 aromatic rings. The Labute approximate surface area is 169 Å². The molecule has 0 radical (unpaired) electrons. The lowest BCUT2D eigenvalue weighted by Gasteiger charge is -1.97. The quantitative estimate of drug-likeness (QED) is 0.517. The van der Waals surface area contributed by atoms with Crippen molar-refractivity contribution in [1.29, 1.82) is 0 Å². The summed E-state index contributed by atoms with van der Waals surface area (Å²) in [5.74, 6) is 1.21. The van der Waals surface area contributed by atoms with Gasteiger partial charge in [0.25, 0.3) is 5.91 Å². The van der Waals surface area contributed by atoms with E-state index in [-0.39, 0.29) is 5.91 Å². The normalized spacial score (nSPS) is 16.9. The average Bonchev–Trinajstić information content (AvgIpc) is 3.25. The monoisotopic (exact) mass is 438 g/mol. The van der Waals surface area contributed by atoms with Gasteiger partial charge in [-0.3, -0.25) is 4.79 Å². The molecule has 1 aromatic heterocycles. The molecule has 2 aromatic carbocycles. The fraction of sp³-hybridized carbons (Fsp3) is 0.0476. The fourth-order valence-corrected chi connectivity index (χ4v) is 3.63. The standard InChI is InChI=1S/C21H15BrN2O2S/c1-13-2-8-16(9-3-13)23-21-24-20(25)19(27-21)12-17-10-11-18(26-17)14-4-6-15(22)7-5-14/h2-12H,1H3,(H,23,24,25). The number of rotatable bonds is 3. The lowest BCUT2D eigenvalue weighted by atomic mass is 10.2. The Morgan fingerprint density at radius 1 is 1.04 bits per heavy atom.